The Morgan fingerprint density at radius 3 is 2.65 bits per heavy atom. The molecular formula is C13H12F3N. The fraction of sp³-hybridized carbons (Fsp3) is 0.385. The van der Waals surface area contributed by atoms with E-state index in [0.717, 1.165) is 25.5 Å². The second-order valence-corrected chi connectivity index (χ2v) is 3.96. The van der Waals surface area contributed by atoms with Crippen molar-refractivity contribution in [3.05, 3.63) is 35.4 Å². The van der Waals surface area contributed by atoms with Gasteiger partial charge < -0.3 is 5.32 Å². The highest BCUT2D eigenvalue weighted by Gasteiger charge is 2.32. The van der Waals surface area contributed by atoms with Crippen LogP contribution in [0.1, 0.15) is 24.0 Å². The zero-order valence-electron chi connectivity index (χ0n) is 9.14. The smallest absolute Gasteiger partial charge is 0.304 e. The minimum atomic E-state index is -4.34. The molecular weight excluding hydrogens is 227 g/mol. The van der Waals surface area contributed by atoms with Crippen molar-refractivity contribution in [3.63, 3.8) is 0 Å². The summed E-state index contributed by atoms with van der Waals surface area (Å²) in [6.07, 6.45) is -2.41. The summed E-state index contributed by atoms with van der Waals surface area (Å²) in [5.74, 6) is 5.48. The van der Waals surface area contributed by atoms with Crippen LogP contribution in [0.5, 0.6) is 0 Å². The molecule has 1 aromatic rings. The molecule has 0 aliphatic carbocycles. The summed E-state index contributed by atoms with van der Waals surface area (Å²) in [6, 6.07) is 5.44. The summed E-state index contributed by atoms with van der Waals surface area (Å²) >= 11 is 0. The van der Waals surface area contributed by atoms with Crippen molar-refractivity contribution in [2.75, 3.05) is 6.54 Å². The van der Waals surface area contributed by atoms with E-state index in [2.05, 4.69) is 17.2 Å². The van der Waals surface area contributed by atoms with Crippen LogP contribution >= 0.6 is 0 Å². The van der Waals surface area contributed by atoms with Gasteiger partial charge >= 0.3 is 6.18 Å². The van der Waals surface area contributed by atoms with Crippen molar-refractivity contribution >= 4 is 0 Å². The van der Waals surface area contributed by atoms with E-state index >= 15 is 0 Å². The molecule has 1 unspecified atom stereocenters. The molecule has 0 bridgehead atoms. The van der Waals surface area contributed by atoms with Gasteiger partial charge in [0.1, 0.15) is 0 Å². The highest BCUT2D eigenvalue weighted by Crippen LogP contribution is 2.31. The third-order valence-electron chi connectivity index (χ3n) is 2.67. The second kappa shape index (κ2) is 4.80. The van der Waals surface area contributed by atoms with Crippen LogP contribution in [0, 0.1) is 11.8 Å². The Morgan fingerprint density at radius 1 is 1.24 bits per heavy atom. The van der Waals surface area contributed by atoms with Crippen molar-refractivity contribution < 1.29 is 13.2 Å². The Balaban J connectivity index is 2.26. The van der Waals surface area contributed by atoms with Crippen LogP contribution in [0.4, 0.5) is 13.2 Å². The molecule has 1 aliphatic rings. The number of nitrogens with one attached hydrogen (secondary N) is 1. The lowest BCUT2D eigenvalue weighted by Crippen LogP contribution is -2.18. The molecule has 1 fully saturated rings. The molecule has 1 aromatic carbocycles. The first kappa shape index (κ1) is 12.0. The largest absolute Gasteiger partial charge is 0.417 e. The van der Waals surface area contributed by atoms with E-state index in [-0.39, 0.29) is 11.6 Å². The molecule has 1 aliphatic heterocycles. The van der Waals surface area contributed by atoms with E-state index in [1.54, 1.807) is 6.07 Å². The van der Waals surface area contributed by atoms with Crippen molar-refractivity contribution in [3.8, 4) is 11.8 Å². The average Bonchev–Trinajstić information content (AvgIpc) is 2.78. The summed E-state index contributed by atoms with van der Waals surface area (Å²) in [4.78, 5) is 0. The van der Waals surface area contributed by atoms with Gasteiger partial charge in [-0.3, -0.25) is 0 Å². The molecule has 4 heteroatoms. The molecule has 17 heavy (non-hydrogen) atoms. The van der Waals surface area contributed by atoms with Gasteiger partial charge in [-0.2, -0.15) is 13.2 Å². The van der Waals surface area contributed by atoms with E-state index < -0.39 is 11.7 Å². The van der Waals surface area contributed by atoms with E-state index in [4.69, 9.17) is 0 Å². The second-order valence-electron chi connectivity index (χ2n) is 3.96. The fourth-order valence-corrected chi connectivity index (χ4v) is 1.81. The molecule has 2 rings (SSSR count). The third kappa shape index (κ3) is 3.01. The first-order valence-electron chi connectivity index (χ1n) is 5.48. The number of halogens is 3. The Kier molecular flexibility index (Phi) is 3.39. The number of benzene rings is 1. The SMILES string of the molecule is FC(F)(F)c1ccccc1C#CC1CCCN1. The highest BCUT2D eigenvalue weighted by atomic mass is 19.4. The Bertz CT molecular complexity index is 448. The Morgan fingerprint density at radius 2 is 2.00 bits per heavy atom. The molecule has 0 aromatic heterocycles. The molecule has 1 atom stereocenters. The van der Waals surface area contributed by atoms with Crippen LogP contribution in [0.15, 0.2) is 24.3 Å². The lowest BCUT2D eigenvalue weighted by Gasteiger charge is -2.08. The van der Waals surface area contributed by atoms with Crippen LogP contribution in [-0.4, -0.2) is 12.6 Å². The lowest BCUT2D eigenvalue weighted by molar-refractivity contribution is -0.137. The lowest BCUT2D eigenvalue weighted by atomic mass is 10.1. The zero-order valence-corrected chi connectivity index (χ0v) is 9.14. The minimum Gasteiger partial charge on any atom is -0.304 e. The van der Waals surface area contributed by atoms with Crippen molar-refractivity contribution in [1.29, 1.82) is 0 Å². The van der Waals surface area contributed by atoms with Crippen LogP contribution in [-0.2, 0) is 6.18 Å². The standard InChI is InChI=1S/C13H12F3N/c14-13(15,16)12-6-2-1-4-10(12)7-8-11-5-3-9-17-11/h1-2,4,6,11,17H,3,5,9H2. The zero-order chi connectivity index (χ0) is 12.3. The van der Waals surface area contributed by atoms with E-state index in [1.165, 1.54) is 12.1 Å². The Hall–Kier alpha value is -1.47. The molecule has 1 heterocycles. The van der Waals surface area contributed by atoms with E-state index in [0.29, 0.717) is 0 Å². The van der Waals surface area contributed by atoms with Gasteiger partial charge in [-0.05, 0) is 31.5 Å². The molecule has 90 valence electrons. The molecule has 0 amide bonds. The summed E-state index contributed by atoms with van der Waals surface area (Å²) in [5, 5.41) is 3.13. The topological polar surface area (TPSA) is 12.0 Å². The number of rotatable bonds is 0. The predicted octanol–water partition coefficient (Wildman–Crippen LogP) is 2.81. The normalized spacial score (nSPS) is 19.8. The van der Waals surface area contributed by atoms with Crippen LogP contribution in [0.25, 0.3) is 0 Å². The monoisotopic (exact) mass is 239 g/mol. The predicted molar refractivity (Wildman–Crippen MR) is 59.3 cm³/mol. The molecule has 0 saturated carbocycles. The van der Waals surface area contributed by atoms with Gasteiger partial charge in [0.05, 0.1) is 11.6 Å². The molecule has 1 N–H and O–H groups in total. The van der Waals surface area contributed by atoms with Gasteiger partial charge in [-0.25, -0.2) is 0 Å². The fourth-order valence-electron chi connectivity index (χ4n) is 1.81. The minimum absolute atomic E-state index is 0.0243. The van der Waals surface area contributed by atoms with E-state index in [9.17, 15) is 13.2 Å². The van der Waals surface area contributed by atoms with Crippen LogP contribution in [0.2, 0.25) is 0 Å². The summed E-state index contributed by atoms with van der Waals surface area (Å²) in [6.45, 7) is 0.889. The first-order chi connectivity index (χ1) is 8.07. The molecule has 1 saturated heterocycles. The van der Waals surface area contributed by atoms with E-state index in [1.807, 2.05) is 0 Å². The van der Waals surface area contributed by atoms with Crippen LogP contribution < -0.4 is 5.32 Å². The number of hydrogen-bond donors (Lipinski definition) is 1. The maximum atomic E-state index is 12.7. The summed E-state index contributed by atoms with van der Waals surface area (Å²) in [7, 11) is 0. The van der Waals surface area contributed by atoms with Crippen molar-refractivity contribution in [2.45, 2.75) is 25.1 Å². The van der Waals surface area contributed by atoms with Gasteiger partial charge in [-0.1, -0.05) is 24.0 Å². The highest BCUT2D eigenvalue weighted by molar-refractivity contribution is 5.43. The van der Waals surface area contributed by atoms with Gasteiger partial charge in [0.15, 0.2) is 0 Å². The maximum Gasteiger partial charge on any atom is 0.417 e. The molecule has 1 nitrogen and oxygen atoms in total. The number of alkyl halides is 3. The van der Waals surface area contributed by atoms with Crippen molar-refractivity contribution in [2.24, 2.45) is 0 Å². The van der Waals surface area contributed by atoms with Crippen LogP contribution in [0.3, 0.4) is 0 Å². The third-order valence-corrected chi connectivity index (χ3v) is 2.67. The van der Waals surface area contributed by atoms with Gasteiger partial charge in [0, 0.05) is 5.56 Å². The van der Waals surface area contributed by atoms with Gasteiger partial charge in [-0.15, -0.1) is 0 Å². The quantitative estimate of drug-likeness (QED) is 0.686. The first-order valence-corrected chi connectivity index (χ1v) is 5.48. The average molecular weight is 239 g/mol. The Labute approximate surface area is 98.0 Å². The van der Waals surface area contributed by atoms with Gasteiger partial charge in [0.25, 0.3) is 0 Å². The van der Waals surface area contributed by atoms with Crippen molar-refractivity contribution in [1.82, 2.24) is 5.32 Å². The summed E-state index contributed by atoms with van der Waals surface area (Å²) in [5.41, 5.74) is -0.612. The number of hydrogen-bond acceptors (Lipinski definition) is 1. The van der Waals surface area contributed by atoms with Gasteiger partial charge in [0.2, 0.25) is 0 Å². The maximum absolute atomic E-state index is 12.7. The summed E-state index contributed by atoms with van der Waals surface area (Å²) < 4.78 is 38.0. The molecule has 0 spiro atoms. The molecule has 0 radical (unpaired) electrons.